The molecule has 2 aliphatic rings. The van der Waals surface area contributed by atoms with Gasteiger partial charge in [-0.25, -0.2) is 0 Å². The van der Waals surface area contributed by atoms with Gasteiger partial charge in [0.15, 0.2) is 0 Å². The van der Waals surface area contributed by atoms with Crippen LogP contribution in [-0.4, -0.2) is 35.8 Å². The maximum atomic E-state index is 8.72. The Morgan fingerprint density at radius 3 is 2.77 bits per heavy atom. The van der Waals surface area contributed by atoms with E-state index in [0.717, 1.165) is 18.3 Å². The third kappa shape index (κ3) is 2.76. The fourth-order valence-corrected chi connectivity index (χ4v) is 2.15. The second kappa shape index (κ2) is 5.53. The zero-order chi connectivity index (χ0) is 26.6. The van der Waals surface area contributed by atoms with Crippen LogP contribution in [0, 0.1) is 0 Å². The van der Waals surface area contributed by atoms with Crippen LogP contribution in [0.4, 0.5) is 5.69 Å². The lowest BCUT2D eigenvalue weighted by molar-refractivity contribution is 0.00578. The molecular formula is C17H27BN2O2. The van der Waals surface area contributed by atoms with E-state index in [4.69, 9.17) is 25.8 Å². The molecule has 1 unspecified atom stereocenters. The summed E-state index contributed by atoms with van der Waals surface area (Å²) in [4.78, 5) is 4.30. The van der Waals surface area contributed by atoms with Crippen molar-refractivity contribution in [1.82, 2.24) is 4.98 Å². The molecule has 0 N–H and O–H groups in total. The first-order chi connectivity index (χ1) is 14.9. The number of aromatic nitrogens is 1. The summed E-state index contributed by atoms with van der Waals surface area (Å²) in [6.07, 6.45) is -9.78. The van der Waals surface area contributed by atoms with Crippen LogP contribution in [-0.2, 0) is 9.31 Å². The number of nitrogens with zero attached hydrogens (tertiary/aromatic N) is 2. The van der Waals surface area contributed by atoms with E-state index in [-0.39, 0.29) is 16.2 Å². The molecule has 0 aromatic carbocycles. The Morgan fingerprint density at radius 1 is 1.36 bits per heavy atom. The maximum Gasteiger partial charge on any atom is 0.514 e. The van der Waals surface area contributed by atoms with E-state index >= 15 is 0 Å². The van der Waals surface area contributed by atoms with Crippen molar-refractivity contribution in [2.45, 2.75) is 70.9 Å². The van der Waals surface area contributed by atoms with Crippen molar-refractivity contribution in [2.75, 3.05) is 11.4 Å². The zero-order valence-corrected chi connectivity index (χ0v) is 13.0. The van der Waals surface area contributed by atoms with Crippen LogP contribution in [0.1, 0.15) is 70.1 Å². The monoisotopic (exact) mass is 314 g/mol. The van der Waals surface area contributed by atoms with Crippen LogP contribution in [0.5, 0.6) is 0 Å². The normalized spacial score (nSPS) is 48.4. The van der Waals surface area contributed by atoms with Gasteiger partial charge in [-0.15, -0.1) is 0 Å². The molecule has 0 spiro atoms. The molecule has 1 aromatic rings. The van der Waals surface area contributed by atoms with E-state index in [2.05, 4.69) is 4.98 Å². The highest BCUT2D eigenvalue weighted by atomic mass is 16.7. The summed E-state index contributed by atoms with van der Waals surface area (Å²) in [5, 5.41) is 0. The minimum atomic E-state index is -3.69. The van der Waals surface area contributed by atoms with Crippen LogP contribution in [0.25, 0.3) is 0 Å². The van der Waals surface area contributed by atoms with Crippen molar-refractivity contribution in [1.29, 1.82) is 0 Å². The number of anilines is 1. The molecule has 1 atom stereocenters. The van der Waals surface area contributed by atoms with Gasteiger partial charge >= 0.3 is 7.12 Å². The van der Waals surface area contributed by atoms with Crippen LogP contribution < -0.4 is 10.5 Å². The van der Waals surface area contributed by atoms with E-state index < -0.39 is 56.8 Å². The third-order valence-electron chi connectivity index (χ3n) is 4.15. The first-order valence-electron chi connectivity index (χ1n) is 13.0. The summed E-state index contributed by atoms with van der Waals surface area (Å²) in [6.45, 7) is 0.0845. The van der Waals surface area contributed by atoms with E-state index in [9.17, 15) is 0 Å². The number of hydrogen-bond donors (Lipinski definition) is 0. The van der Waals surface area contributed by atoms with Gasteiger partial charge in [-0.1, -0.05) is 0 Å². The van der Waals surface area contributed by atoms with Crippen LogP contribution >= 0.6 is 0 Å². The summed E-state index contributed by atoms with van der Waals surface area (Å²) in [5.41, 5.74) is -1.86. The molecule has 0 saturated carbocycles. The average molecular weight is 314 g/mol. The largest absolute Gasteiger partial charge is 0.514 e. The van der Waals surface area contributed by atoms with Crippen molar-refractivity contribution >= 4 is 18.4 Å². The number of hydrogen-bond acceptors (Lipinski definition) is 4. The molecular weight excluding hydrogens is 275 g/mol. The quantitative estimate of drug-likeness (QED) is 0.786. The Morgan fingerprint density at radius 2 is 2.09 bits per heavy atom. The van der Waals surface area contributed by atoms with Gasteiger partial charge < -0.3 is 14.2 Å². The molecule has 1 aromatic heterocycles. The number of pyridine rings is 1. The molecule has 0 bridgehead atoms. The molecule has 0 aliphatic carbocycles. The molecule has 0 radical (unpaired) electrons. The Kier molecular flexibility index (Phi) is 1.72. The Balaban J connectivity index is 2.26. The fourth-order valence-electron chi connectivity index (χ4n) is 2.15. The topological polar surface area (TPSA) is 34.6 Å². The molecule has 2 saturated heterocycles. The summed E-state index contributed by atoms with van der Waals surface area (Å²) in [7, 11) is -1.06. The summed E-state index contributed by atoms with van der Waals surface area (Å²) in [5.74, 6) is 0. The molecule has 4 nitrogen and oxygen atoms in total. The Hall–Kier alpha value is -1.07. The Labute approximate surface area is 151 Å². The van der Waals surface area contributed by atoms with Crippen LogP contribution in [0.2, 0.25) is 0 Å². The van der Waals surface area contributed by atoms with E-state index in [1.807, 2.05) is 0 Å². The highest BCUT2D eigenvalue weighted by Gasteiger charge is 2.52. The van der Waals surface area contributed by atoms with E-state index in [1.54, 1.807) is 27.7 Å². The van der Waals surface area contributed by atoms with Gasteiger partial charge in [0.2, 0.25) is 0 Å². The second-order valence-electron chi connectivity index (χ2n) is 6.20. The molecule has 5 heteroatoms. The minimum absolute atomic E-state index is 0.0644. The standard InChI is InChI=1S/C17H27BN2O2/c1-13-8-6-7-11-20(13)14-9-10-19-15(12-14)18-21-16(2,3)17(4,5)22-18/h9-10,12-13H,6-8,11H2,1-5H3/i1D3,6D2,7D2,8D2,11D2,13D. The van der Waals surface area contributed by atoms with Crippen molar-refractivity contribution in [3.05, 3.63) is 18.3 Å². The highest BCUT2D eigenvalue weighted by molar-refractivity contribution is 6.61. The van der Waals surface area contributed by atoms with Crippen molar-refractivity contribution in [3.63, 3.8) is 0 Å². The third-order valence-corrected chi connectivity index (χ3v) is 4.15. The smallest absolute Gasteiger partial charge is 0.398 e. The Bertz CT molecular complexity index is 967. The van der Waals surface area contributed by atoms with Crippen LogP contribution in [0.15, 0.2) is 18.3 Å². The van der Waals surface area contributed by atoms with Crippen molar-refractivity contribution in [3.8, 4) is 0 Å². The van der Waals surface area contributed by atoms with Crippen molar-refractivity contribution < 1.29 is 25.8 Å². The molecule has 3 heterocycles. The minimum Gasteiger partial charge on any atom is -0.398 e. The first-order valence-corrected chi connectivity index (χ1v) is 7.02. The lowest BCUT2D eigenvalue weighted by atomic mass is 9.84. The van der Waals surface area contributed by atoms with E-state index in [0.29, 0.717) is 0 Å². The highest BCUT2D eigenvalue weighted by Crippen LogP contribution is 2.36. The van der Waals surface area contributed by atoms with E-state index in [1.165, 1.54) is 0 Å². The molecule has 0 amide bonds. The zero-order valence-electron chi connectivity index (χ0n) is 25.0. The van der Waals surface area contributed by atoms with Gasteiger partial charge in [0.05, 0.1) is 18.2 Å². The number of piperidine rings is 1. The van der Waals surface area contributed by atoms with Crippen LogP contribution in [0.3, 0.4) is 0 Å². The first kappa shape index (κ1) is 6.82. The second-order valence-corrected chi connectivity index (χ2v) is 6.20. The molecule has 120 valence electrons. The molecule has 2 fully saturated rings. The molecule has 22 heavy (non-hydrogen) atoms. The molecule has 3 rings (SSSR count). The van der Waals surface area contributed by atoms with Gasteiger partial charge in [-0.2, -0.15) is 0 Å². The SMILES string of the molecule is [2H]C([2H])([2H])C1([2H])N(c2ccnc(B3OC(C)(C)C(C)(C)O3)c2)C([2H])([2H])C([2H])([2H])C([2H])([2H])C1([2H])[2H]. The number of rotatable bonds is 2. The predicted octanol–water partition coefficient (Wildman–Crippen LogP) is 2.76. The lowest BCUT2D eigenvalue weighted by Crippen LogP contribution is -2.41. The summed E-state index contributed by atoms with van der Waals surface area (Å²) < 4.78 is 110. The summed E-state index contributed by atoms with van der Waals surface area (Å²) >= 11 is 0. The van der Waals surface area contributed by atoms with Gasteiger partial charge in [0.1, 0.15) is 0 Å². The van der Waals surface area contributed by atoms with Gasteiger partial charge in [-0.3, -0.25) is 4.98 Å². The maximum absolute atomic E-state index is 8.72. The van der Waals surface area contributed by atoms with Crippen molar-refractivity contribution in [2.24, 2.45) is 0 Å². The fraction of sp³-hybridized carbons (Fsp3) is 0.706. The molecule has 2 aliphatic heterocycles. The summed E-state index contributed by atoms with van der Waals surface area (Å²) in [6, 6.07) is -1.32. The predicted molar refractivity (Wildman–Crippen MR) is 90.6 cm³/mol. The average Bonchev–Trinajstić information content (AvgIpc) is 2.87. The van der Waals surface area contributed by atoms with Gasteiger partial charge in [0.25, 0.3) is 0 Å². The van der Waals surface area contributed by atoms with Gasteiger partial charge in [-0.05, 0) is 65.8 Å². The lowest BCUT2D eigenvalue weighted by Gasteiger charge is -2.35. The van der Waals surface area contributed by atoms with Gasteiger partial charge in [0, 0.05) is 39.5 Å².